The van der Waals surface area contributed by atoms with E-state index in [2.05, 4.69) is 6.07 Å². The van der Waals surface area contributed by atoms with Crippen LogP contribution in [0.3, 0.4) is 0 Å². The molecule has 2 heterocycles. The summed E-state index contributed by atoms with van der Waals surface area (Å²) in [7, 11) is 0. The van der Waals surface area contributed by atoms with Crippen molar-refractivity contribution >= 4 is 33.3 Å². The van der Waals surface area contributed by atoms with Crippen LogP contribution < -0.4 is 5.56 Å². The maximum atomic E-state index is 13.4. The van der Waals surface area contributed by atoms with Crippen LogP contribution in [-0.4, -0.2) is 15.3 Å². The first-order valence-corrected chi connectivity index (χ1v) is 10.3. The number of rotatable bonds is 4. The van der Waals surface area contributed by atoms with Crippen molar-refractivity contribution in [1.29, 1.82) is 5.26 Å². The van der Waals surface area contributed by atoms with Crippen LogP contribution in [0, 0.1) is 44.9 Å². The smallest absolute Gasteiger partial charge is 0.267 e. The van der Waals surface area contributed by atoms with E-state index in [4.69, 9.17) is 10.2 Å². The van der Waals surface area contributed by atoms with Crippen molar-refractivity contribution in [2.45, 2.75) is 39.8 Å². The van der Waals surface area contributed by atoms with Gasteiger partial charge in [-0.05, 0) is 57.4 Å². The molecule has 0 fully saturated rings. The lowest BCUT2D eigenvalue weighted by Crippen LogP contribution is -2.23. The predicted molar refractivity (Wildman–Crippen MR) is 110 cm³/mol. The molecule has 4 nitrogen and oxygen atoms in total. The number of aryl methyl sites for hydroxylation is 3. The molecule has 0 unspecified atom stereocenters. The van der Waals surface area contributed by atoms with Crippen LogP contribution in [0.15, 0.2) is 28.2 Å². The maximum absolute atomic E-state index is 13.4. The molecule has 134 valence electrons. The summed E-state index contributed by atoms with van der Waals surface area (Å²) in [5, 5.41) is 10.4. The topological polar surface area (TPSA) is 58.7 Å². The fourth-order valence-electron chi connectivity index (χ4n) is 2.80. The molecule has 0 amide bonds. The fourth-order valence-corrected chi connectivity index (χ4v) is 4.82. The van der Waals surface area contributed by atoms with Crippen LogP contribution in [-0.2, 0) is 0 Å². The summed E-state index contributed by atoms with van der Waals surface area (Å²) in [4.78, 5) is 20.1. The highest BCUT2D eigenvalue weighted by atomic mass is 32.2. The van der Waals surface area contributed by atoms with Gasteiger partial charge in [-0.3, -0.25) is 9.36 Å². The number of benzene rings is 1. The summed E-state index contributed by atoms with van der Waals surface area (Å²) >= 11 is 3.02. The minimum Gasteiger partial charge on any atom is -0.268 e. The fraction of sp³-hybridized carbons (Fsp3) is 0.350. The Bertz CT molecular complexity index is 1090. The van der Waals surface area contributed by atoms with E-state index >= 15 is 0 Å². The molecule has 0 N–H and O–H groups in total. The lowest BCUT2D eigenvalue weighted by atomic mass is 10.1. The molecule has 0 saturated carbocycles. The number of nitriles is 1. The Kier molecular flexibility index (Phi) is 5.22. The van der Waals surface area contributed by atoms with Gasteiger partial charge in [-0.1, -0.05) is 23.9 Å². The van der Waals surface area contributed by atoms with Gasteiger partial charge in [0.05, 0.1) is 23.1 Å². The third-order valence-corrected chi connectivity index (χ3v) is 6.97. The lowest BCUT2D eigenvalue weighted by Gasteiger charge is -2.16. The van der Waals surface area contributed by atoms with Gasteiger partial charge in [0, 0.05) is 10.6 Å². The van der Waals surface area contributed by atoms with Gasteiger partial charge in [0.15, 0.2) is 5.16 Å². The van der Waals surface area contributed by atoms with Gasteiger partial charge in [0.2, 0.25) is 0 Å². The molecule has 3 rings (SSSR count). The zero-order valence-electron chi connectivity index (χ0n) is 15.6. The van der Waals surface area contributed by atoms with Gasteiger partial charge in [0.1, 0.15) is 4.83 Å². The average Bonchev–Trinajstić information content (AvgIpc) is 2.90. The van der Waals surface area contributed by atoms with E-state index in [0.29, 0.717) is 16.3 Å². The molecule has 0 saturated heterocycles. The Morgan fingerprint density at radius 3 is 2.69 bits per heavy atom. The summed E-state index contributed by atoms with van der Waals surface area (Å²) in [6, 6.07) is 8.22. The van der Waals surface area contributed by atoms with E-state index in [1.807, 2.05) is 52.8 Å². The first-order chi connectivity index (χ1) is 12.3. The van der Waals surface area contributed by atoms with Gasteiger partial charge in [-0.15, -0.1) is 11.3 Å². The van der Waals surface area contributed by atoms with Crippen molar-refractivity contribution in [2.24, 2.45) is 5.92 Å². The van der Waals surface area contributed by atoms with Crippen molar-refractivity contribution < 1.29 is 0 Å². The molecule has 3 aromatic rings. The van der Waals surface area contributed by atoms with Crippen molar-refractivity contribution in [2.75, 3.05) is 5.75 Å². The monoisotopic (exact) mass is 383 g/mol. The molecular formula is C20H21N3OS2. The van der Waals surface area contributed by atoms with E-state index in [1.165, 1.54) is 11.8 Å². The van der Waals surface area contributed by atoms with E-state index in [0.717, 1.165) is 32.1 Å². The van der Waals surface area contributed by atoms with Crippen LogP contribution in [0.5, 0.6) is 0 Å². The summed E-state index contributed by atoms with van der Waals surface area (Å²) in [5.41, 5.74) is 4.03. The second-order valence-corrected chi connectivity index (χ2v) is 8.75. The Hall–Kier alpha value is -2.10. The molecule has 0 radical (unpaired) electrons. The molecule has 0 bridgehead atoms. The van der Waals surface area contributed by atoms with Crippen LogP contribution in [0.25, 0.3) is 15.9 Å². The van der Waals surface area contributed by atoms with Crippen molar-refractivity contribution in [3.63, 3.8) is 0 Å². The molecule has 1 atom stereocenters. The summed E-state index contributed by atoms with van der Waals surface area (Å²) in [6.07, 6.45) is 0. The Labute approximate surface area is 161 Å². The third-order valence-electron chi connectivity index (χ3n) is 4.67. The quantitative estimate of drug-likeness (QED) is 0.473. The van der Waals surface area contributed by atoms with Crippen LogP contribution in [0.4, 0.5) is 0 Å². The number of hydrogen-bond donors (Lipinski definition) is 0. The van der Waals surface area contributed by atoms with Gasteiger partial charge < -0.3 is 0 Å². The molecule has 2 aromatic heterocycles. The summed E-state index contributed by atoms with van der Waals surface area (Å²) in [5.74, 6) is 0.495. The number of fused-ring (bicyclic) bond motifs is 1. The van der Waals surface area contributed by atoms with E-state index in [1.54, 1.807) is 15.9 Å². The standard InChI is InChI=1S/C20H21N3OS2/c1-11(9-21)10-25-20-22-18-17(14(4)15(5)26-18)19(24)23(20)16-8-6-7-12(2)13(16)3/h6-8,11H,10H2,1-5H3/t11-/m0/s1. The highest BCUT2D eigenvalue weighted by molar-refractivity contribution is 7.99. The molecular weight excluding hydrogens is 362 g/mol. The second kappa shape index (κ2) is 7.26. The molecule has 6 heteroatoms. The molecule has 0 aliphatic heterocycles. The minimum absolute atomic E-state index is 0.0299. The Morgan fingerprint density at radius 2 is 2.00 bits per heavy atom. The Balaban J connectivity index is 2.32. The van der Waals surface area contributed by atoms with Gasteiger partial charge >= 0.3 is 0 Å². The van der Waals surface area contributed by atoms with Crippen LogP contribution in [0.2, 0.25) is 0 Å². The predicted octanol–water partition coefficient (Wildman–Crippen LogP) is 4.93. The zero-order valence-corrected chi connectivity index (χ0v) is 17.2. The number of thioether (sulfide) groups is 1. The normalized spacial score (nSPS) is 12.3. The van der Waals surface area contributed by atoms with Gasteiger partial charge in [-0.25, -0.2) is 4.98 Å². The van der Waals surface area contributed by atoms with E-state index < -0.39 is 0 Å². The number of thiophene rings is 1. The first kappa shape index (κ1) is 18.7. The highest BCUT2D eigenvalue weighted by Crippen LogP contribution is 2.31. The van der Waals surface area contributed by atoms with Crippen molar-refractivity contribution in [3.8, 4) is 11.8 Å². The summed E-state index contributed by atoms with van der Waals surface area (Å²) in [6.45, 7) is 9.95. The van der Waals surface area contributed by atoms with Gasteiger partial charge in [0.25, 0.3) is 5.56 Å². The summed E-state index contributed by atoms with van der Waals surface area (Å²) < 4.78 is 1.72. The molecule has 26 heavy (non-hydrogen) atoms. The SMILES string of the molecule is Cc1cccc(-n2c(SC[C@@H](C)C#N)nc3sc(C)c(C)c3c2=O)c1C. The molecule has 0 spiro atoms. The lowest BCUT2D eigenvalue weighted by molar-refractivity contribution is 0.804. The van der Waals surface area contributed by atoms with Crippen molar-refractivity contribution in [3.05, 3.63) is 50.1 Å². The second-order valence-electron chi connectivity index (χ2n) is 6.56. The highest BCUT2D eigenvalue weighted by Gasteiger charge is 2.19. The molecule has 0 aliphatic rings. The van der Waals surface area contributed by atoms with Crippen molar-refractivity contribution in [1.82, 2.24) is 9.55 Å². The molecule has 0 aliphatic carbocycles. The number of aromatic nitrogens is 2. The Morgan fingerprint density at radius 1 is 1.27 bits per heavy atom. The largest absolute Gasteiger partial charge is 0.268 e. The molecule has 1 aromatic carbocycles. The van der Waals surface area contributed by atoms with Crippen LogP contribution >= 0.6 is 23.1 Å². The van der Waals surface area contributed by atoms with Gasteiger partial charge in [-0.2, -0.15) is 5.26 Å². The minimum atomic E-state index is -0.105. The zero-order chi connectivity index (χ0) is 19.0. The van der Waals surface area contributed by atoms with Crippen LogP contribution in [0.1, 0.15) is 28.5 Å². The van der Waals surface area contributed by atoms with E-state index in [-0.39, 0.29) is 11.5 Å². The maximum Gasteiger partial charge on any atom is 0.267 e. The number of nitrogens with zero attached hydrogens (tertiary/aromatic N) is 3. The number of hydrogen-bond acceptors (Lipinski definition) is 5. The first-order valence-electron chi connectivity index (χ1n) is 8.47. The van der Waals surface area contributed by atoms with E-state index in [9.17, 15) is 4.79 Å². The average molecular weight is 384 g/mol. The third kappa shape index (κ3) is 3.17.